The van der Waals surface area contributed by atoms with E-state index in [1.54, 1.807) is 11.3 Å². The normalized spacial score (nSPS) is 18.9. The van der Waals surface area contributed by atoms with Crippen molar-refractivity contribution in [3.8, 4) is 0 Å². The van der Waals surface area contributed by atoms with Crippen molar-refractivity contribution >= 4 is 51.3 Å². The van der Waals surface area contributed by atoms with Crippen molar-refractivity contribution in [3.05, 3.63) is 27.8 Å². The molecule has 1 atom stereocenters. The molecule has 0 radical (unpaired) electrons. The lowest BCUT2D eigenvalue weighted by Crippen LogP contribution is -2.46. The molecule has 0 aliphatic heterocycles. The van der Waals surface area contributed by atoms with Gasteiger partial charge in [0.15, 0.2) is 5.11 Å². The van der Waals surface area contributed by atoms with E-state index < -0.39 is 0 Å². The van der Waals surface area contributed by atoms with Gasteiger partial charge in [-0.3, -0.25) is 20.4 Å². The van der Waals surface area contributed by atoms with Gasteiger partial charge in [-0.2, -0.15) is 5.10 Å². The molecule has 0 spiro atoms. The van der Waals surface area contributed by atoms with Crippen molar-refractivity contribution in [1.82, 2.24) is 25.8 Å². The van der Waals surface area contributed by atoms with Crippen LogP contribution in [-0.2, 0) is 17.6 Å². The molecule has 11 heteroatoms. The van der Waals surface area contributed by atoms with Gasteiger partial charge in [-0.25, -0.2) is 4.68 Å². The maximum atomic E-state index is 13.2. The first-order valence-corrected chi connectivity index (χ1v) is 14.1. The van der Waals surface area contributed by atoms with E-state index in [1.165, 1.54) is 17.7 Å². The lowest BCUT2D eigenvalue weighted by Gasteiger charge is -2.26. The van der Waals surface area contributed by atoms with E-state index in [4.69, 9.17) is 12.2 Å². The molecule has 2 saturated carbocycles. The summed E-state index contributed by atoms with van der Waals surface area (Å²) < 4.78 is 1.91. The Morgan fingerprint density at radius 3 is 2.69 bits per heavy atom. The van der Waals surface area contributed by atoms with Gasteiger partial charge in [-0.15, -0.1) is 11.3 Å². The van der Waals surface area contributed by atoms with Crippen molar-refractivity contribution in [3.63, 3.8) is 0 Å². The molecule has 3 aliphatic rings. The Kier molecular flexibility index (Phi) is 7.21. The predicted octanol–water partition coefficient (Wildman–Crippen LogP) is 3.67. The third kappa shape index (κ3) is 5.83. The number of carbonyl (C=O) groups excluding carboxylic acids is 2. The number of thiocarbonyl (C=S) groups is 1. The van der Waals surface area contributed by atoms with E-state index in [1.807, 2.05) is 17.7 Å². The van der Waals surface area contributed by atoms with Crippen LogP contribution in [0.5, 0.6) is 0 Å². The molecule has 2 fully saturated rings. The maximum Gasteiger partial charge on any atom is 0.254 e. The van der Waals surface area contributed by atoms with E-state index in [-0.39, 0.29) is 29.8 Å². The van der Waals surface area contributed by atoms with Crippen LogP contribution in [0, 0.1) is 18.8 Å². The van der Waals surface area contributed by atoms with Crippen LogP contribution in [0.4, 0.5) is 10.8 Å². The average Bonchev–Trinajstić information content (AvgIpc) is 3.76. The summed E-state index contributed by atoms with van der Waals surface area (Å²) in [5.74, 6) is 1.49. The Balaban J connectivity index is 1.25. The number of nitrogens with one attached hydrogen (secondary N) is 5. The number of aryl methyl sites for hydroxylation is 2. The molecule has 2 aromatic rings. The summed E-state index contributed by atoms with van der Waals surface area (Å²) in [6, 6.07) is 2.28. The molecular weight excluding hydrogens is 494 g/mol. The van der Waals surface area contributed by atoms with Crippen LogP contribution >= 0.6 is 23.6 Å². The topological polar surface area (TPSA) is 112 Å². The molecule has 194 valence electrons. The Morgan fingerprint density at radius 2 is 2.00 bits per heavy atom. The second kappa shape index (κ2) is 10.4. The molecule has 0 aromatic carbocycles. The zero-order valence-electron chi connectivity index (χ0n) is 21.1. The minimum Gasteiger partial charge on any atom is -0.358 e. The third-order valence-corrected chi connectivity index (χ3v) is 8.33. The lowest BCUT2D eigenvalue weighted by molar-refractivity contribution is -0.117. The number of amides is 2. The Labute approximate surface area is 221 Å². The number of aromatic nitrogens is 2. The first kappa shape index (κ1) is 25.0. The summed E-state index contributed by atoms with van der Waals surface area (Å²) in [5.41, 5.74) is 8.86. The fraction of sp³-hybridized carbons (Fsp3) is 0.600. The smallest absolute Gasteiger partial charge is 0.254 e. The monoisotopic (exact) mass is 529 g/mol. The second-order valence-electron chi connectivity index (χ2n) is 10.5. The summed E-state index contributed by atoms with van der Waals surface area (Å²) in [7, 11) is 0. The first-order chi connectivity index (χ1) is 17.3. The van der Waals surface area contributed by atoms with Crippen molar-refractivity contribution in [2.24, 2.45) is 11.8 Å². The number of nitrogens with zero attached hydrogens (tertiary/aromatic N) is 2. The number of hydrazine groups is 1. The molecule has 2 aromatic heterocycles. The standard InChI is InChI=1S/C25H35N7O2S2/c1-13(2)32-20(10-14(3)31-32)29-30-25(35)27-17-8-9-19-18(11-17)21(23(34)26-12-15-4-5-15)24(36-19)28-22(33)16-6-7-16/h10,13,15-17,29H,4-9,11-12H2,1-3H3,(H,26,34)(H,28,33)(H2,27,30,35)/t17-/m0/s1. The van der Waals surface area contributed by atoms with E-state index >= 15 is 0 Å². The van der Waals surface area contributed by atoms with Crippen LogP contribution in [0.25, 0.3) is 0 Å². The van der Waals surface area contributed by atoms with Crippen LogP contribution in [-0.4, -0.2) is 39.3 Å². The maximum absolute atomic E-state index is 13.2. The minimum absolute atomic E-state index is 0.0341. The van der Waals surface area contributed by atoms with Gasteiger partial charge < -0.3 is 16.0 Å². The molecule has 36 heavy (non-hydrogen) atoms. The second-order valence-corrected chi connectivity index (χ2v) is 12.0. The third-order valence-electron chi connectivity index (χ3n) is 6.91. The predicted molar refractivity (Wildman–Crippen MR) is 146 cm³/mol. The van der Waals surface area contributed by atoms with E-state index in [0.717, 1.165) is 42.8 Å². The molecule has 2 amide bonds. The Hall–Kier alpha value is -2.66. The van der Waals surface area contributed by atoms with Crippen molar-refractivity contribution < 1.29 is 9.59 Å². The summed E-state index contributed by atoms with van der Waals surface area (Å²) in [6.07, 6.45) is 6.64. The van der Waals surface area contributed by atoms with Crippen molar-refractivity contribution in [2.75, 3.05) is 17.3 Å². The van der Waals surface area contributed by atoms with Crippen LogP contribution in [0.2, 0.25) is 0 Å². The number of carbonyl (C=O) groups is 2. The van der Waals surface area contributed by atoms with Gasteiger partial charge in [-0.1, -0.05) is 0 Å². The van der Waals surface area contributed by atoms with Gasteiger partial charge in [0, 0.05) is 35.5 Å². The number of fused-ring (bicyclic) bond motifs is 1. The molecule has 5 rings (SSSR count). The van der Waals surface area contributed by atoms with Crippen LogP contribution < -0.4 is 26.8 Å². The minimum atomic E-state index is -0.0779. The van der Waals surface area contributed by atoms with E-state index in [0.29, 0.717) is 34.6 Å². The van der Waals surface area contributed by atoms with E-state index in [9.17, 15) is 9.59 Å². The van der Waals surface area contributed by atoms with Crippen LogP contribution in [0.15, 0.2) is 6.07 Å². The summed E-state index contributed by atoms with van der Waals surface area (Å²) in [4.78, 5) is 26.9. The molecule has 0 bridgehead atoms. The van der Waals surface area contributed by atoms with Gasteiger partial charge in [-0.05, 0) is 89.4 Å². The van der Waals surface area contributed by atoms with Gasteiger partial charge in [0.25, 0.3) is 5.91 Å². The highest BCUT2D eigenvalue weighted by Crippen LogP contribution is 2.40. The average molecular weight is 530 g/mol. The highest BCUT2D eigenvalue weighted by Gasteiger charge is 2.34. The summed E-state index contributed by atoms with van der Waals surface area (Å²) in [6.45, 7) is 6.82. The number of anilines is 2. The Morgan fingerprint density at radius 1 is 1.22 bits per heavy atom. The molecule has 9 nitrogen and oxygen atoms in total. The van der Waals surface area contributed by atoms with Gasteiger partial charge in [0.05, 0.1) is 11.3 Å². The first-order valence-electron chi connectivity index (χ1n) is 12.9. The molecular formula is C25H35N7O2S2. The van der Waals surface area contributed by atoms with E-state index in [2.05, 4.69) is 45.7 Å². The number of hydrogen-bond donors (Lipinski definition) is 5. The van der Waals surface area contributed by atoms with Gasteiger partial charge in [0.2, 0.25) is 5.91 Å². The quantitative estimate of drug-likeness (QED) is 0.249. The summed E-state index contributed by atoms with van der Waals surface area (Å²) in [5, 5.41) is 15.3. The molecule has 0 unspecified atom stereocenters. The fourth-order valence-electron chi connectivity index (χ4n) is 4.59. The van der Waals surface area contributed by atoms with Crippen molar-refractivity contribution in [1.29, 1.82) is 0 Å². The SMILES string of the molecule is Cc1cc(NNC(=S)N[C@H]2CCc3sc(NC(=O)C4CC4)c(C(=O)NCC4CC4)c3C2)n(C(C)C)n1. The highest BCUT2D eigenvalue weighted by atomic mass is 32.1. The van der Waals surface area contributed by atoms with Crippen molar-refractivity contribution in [2.45, 2.75) is 77.8 Å². The van der Waals surface area contributed by atoms with Crippen LogP contribution in [0.3, 0.4) is 0 Å². The van der Waals surface area contributed by atoms with Gasteiger partial charge in [0.1, 0.15) is 10.8 Å². The van der Waals surface area contributed by atoms with Gasteiger partial charge >= 0.3 is 0 Å². The Bertz CT molecular complexity index is 1160. The number of thiophene rings is 1. The molecule has 2 heterocycles. The highest BCUT2D eigenvalue weighted by molar-refractivity contribution is 7.80. The fourth-order valence-corrected chi connectivity index (χ4v) is 6.05. The molecule has 3 aliphatic carbocycles. The number of hydrogen-bond acceptors (Lipinski definition) is 6. The zero-order chi connectivity index (χ0) is 25.4. The van der Waals surface area contributed by atoms with Crippen LogP contribution in [0.1, 0.15) is 78.5 Å². The lowest BCUT2D eigenvalue weighted by atomic mass is 9.91. The largest absolute Gasteiger partial charge is 0.358 e. The molecule has 5 N–H and O–H groups in total. The number of rotatable bonds is 9. The zero-order valence-corrected chi connectivity index (χ0v) is 22.7. The molecule has 0 saturated heterocycles. The summed E-state index contributed by atoms with van der Waals surface area (Å²) >= 11 is 7.12.